The molecule has 1 aromatic heterocycles. The van der Waals surface area contributed by atoms with Crippen molar-refractivity contribution in [2.75, 3.05) is 10.0 Å². The number of rotatable bonds is 6. The summed E-state index contributed by atoms with van der Waals surface area (Å²) in [5.74, 6) is -0.350. The molecule has 2 aromatic carbocycles. The normalized spacial score (nSPS) is 11.4. The molecule has 0 saturated carbocycles. The molecule has 27 heavy (non-hydrogen) atoms. The summed E-state index contributed by atoms with van der Waals surface area (Å²) in [6.07, 6.45) is 3.09. The maximum absolute atomic E-state index is 12.6. The van der Waals surface area contributed by atoms with Crippen molar-refractivity contribution in [3.05, 3.63) is 82.0 Å². The summed E-state index contributed by atoms with van der Waals surface area (Å²) < 4.78 is 27.6. The molecule has 0 saturated heterocycles. The molecule has 0 aliphatic rings. The maximum Gasteiger partial charge on any atom is 0.262 e. The van der Waals surface area contributed by atoms with Gasteiger partial charge in [0.25, 0.3) is 10.0 Å². The Morgan fingerprint density at radius 3 is 2.59 bits per heavy atom. The van der Waals surface area contributed by atoms with E-state index in [1.165, 1.54) is 29.5 Å². The first kappa shape index (κ1) is 19.2. The summed E-state index contributed by atoms with van der Waals surface area (Å²) in [7, 11) is -3.84. The number of hydrogen-bond donors (Lipinski definition) is 2. The van der Waals surface area contributed by atoms with Crippen LogP contribution in [0.25, 0.3) is 6.08 Å². The first-order valence-electron chi connectivity index (χ1n) is 7.84. The molecule has 0 spiro atoms. The van der Waals surface area contributed by atoms with E-state index in [1.807, 2.05) is 17.5 Å². The predicted octanol–water partition coefficient (Wildman–Crippen LogP) is 4.85. The smallest absolute Gasteiger partial charge is 0.262 e. The van der Waals surface area contributed by atoms with Gasteiger partial charge in [-0.25, -0.2) is 8.42 Å². The lowest BCUT2D eigenvalue weighted by Gasteiger charge is -2.10. The summed E-state index contributed by atoms with van der Waals surface area (Å²) in [6.45, 7) is 0. The van der Waals surface area contributed by atoms with E-state index in [1.54, 1.807) is 42.5 Å². The number of halogens is 1. The summed E-state index contributed by atoms with van der Waals surface area (Å²) in [4.78, 5) is 13.0. The molecule has 1 heterocycles. The summed E-state index contributed by atoms with van der Waals surface area (Å²) >= 11 is 7.52. The van der Waals surface area contributed by atoms with Gasteiger partial charge in [-0.15, -0.1) is 11.3 Å². The topological polar surface area (TPSA) is 75.3 Å². The lowest BCUT2D eigenvalue weighted by molar-refractivity contribution is -0.111. The molecule has 138 valence electrons. The van der Waals surface area contributed by atoms with Crippen molar-refractivity contribution in [2.24, 2.45) is 0 Å². The number of amides is 1. The van der Waals surface area contributed by atoms with Gasteiger partial charge in [-0.1, -0.05) is 35.9 Å². The highest BCUT2D eigenvalue weighted by molar-refractivity contribution is 7.92. The summed E-state index contributed by atoms with van der Waals surface area (Å²) in [5, 5.41) is 4.86. The van der Waals surface area contributed by atoms with E-state index < -0.39 is 10.0 Å². The summed E-state index contributed by atoms with van der Waals surface area (Å²) in [5.41, 5.74) is 0.658. The van der Waals surface area contributed by atoms with Crippen LogP contribution in [0.3, 0.4) is 0 Å². The highest BCUT2D eigenvalue weighted by Gasteiger charge is 2.16. The Kier molecular flexibility index (Phi) is 5.95. The molecule has 0 unspecified atom stereocenters. The van der Waals surface area contributed by atoms with Gasteiger partial charge >= 0.3 is 0 Å². The molecule has 0 radical (unpaired) electrons. The zero-order valence-electron chi connectivity index (χ0n) is 13.9. The van der Waals surface area contributed by atoms with Crippen LogP contribution in [0.4, 0.5) is 11.4 Å². The first-order valence-corrected chi connectivity index (χ1v) is 10.6. The van der Waals surface area contributed by atoms with Crippen LogP contribution in [0.5, 0.6) is 0 Å². The molecule has 8 heteroatoms. The van der Waals surface area contributed by atoms with Gasteiger partial charge in [-0.05, 0) is 47.9 Å². The van der Waals surface area contributed by atoms with Crippen molar-refractivity contribution < 1.29 is 13.2 Å². The lowest BCUT2D eigenvalue weighted by atomic mass is 10.3. The minimum Gasteiger partial charge on any atom is -0.322 e. The Bertz CT molecular complexity index is 1080. The number of nitrogens with one attached hydrogen (secondary N) is 2. The van der Waals surface area contributed by atoms with Crippen LogP contribution >= 0.6 is 22.9 Å². The van der Waals surface area contributed by atoms with E-state index in [0.29, 0.717) is 10.7 Å². The van der Waals surface area contributed by atoms with E-state index >= 15 is 0 Å². The Labute approximate surface area is 166 Å². The van der Waals surface area contributed by atoms with E-state index in [4.69, 9.17) is 11.6 Å². The highest BCUT2D eigenvalue weighted by atomic mass is 35.5. The number of anilines is 2. The molecule has 3 rings (SSSR count). The van der Waals surface area contributed by atoms with Crippen LogP contribution in [-0.4, -0.2) is 14.3 Å². The number of benzene rings is 2. The molecule has 3 aromatic rings. The van der Waals surface area contributed by atoms with Crippen LogP contribution in [0.15, 0.2) is 77.0 Å². The van der Waals surface area contributed by atoms with E-state index in [9.17, 15) is 13.2 Å². The molecule has 0 fully saturated rings. The van der Waals surface area contributed by atoms with E-state index in [0.717, 1.165) is 4.88 Å². The van der Waals surface area contributed by atoms with Gasteiger partial charge in [0.05, 0.1) is 15.6 Å². The molecule has 0 aliphatic carbocycles. The van der Waals surface area contributed by atoms with Crippen LogP contribution < -0.4 is 10.0 Å². The predicted molar refractivity (Wildman–Crippen MR) is 111 cm³/mol. The quantitative estimate of drug-likeness (QED) is 0.561. The molecule has 2 N–H and O–H groups in total. The second-order valence-electron chi connectivity index (χ2n) is 5.45. The number of hydrogen-bond acceptors (Lipinski definition) is 4. The molecular formula is C19H15ClN2O3S2. The Morgan fingerprint density at radius 2 is 1.85 bits per heavy atom. The number of thiophene rings is 1. The largest absolute Gasteiger partial charge is 0.322 e. The molecule has 0 aliphatic heterocycles. The SMILES string of the molecule is O=C(/C=C/c1cccs1)Nc1cccc(S(=O)(=O)Nc2ccccc2Cl)c1. The van der Waals surface area contributed by atoms with Gasteiger partial charge in [0.15, 0.2) is 0 Å². The first-order chi connectivity index (χ1) is 12.9. The third-order valence-corrected chi connectivity index (χ3v) is 6.00. The number of para-hydroxylation sites is 1. The van der Waals surface area contributed by atoms with Gasteiger partial charge < -0.3 is 5.32 Å². The van der Waals surface area contributed by atoms with Gasteiger partial charge in [0.2, 0.25) is 5.91 Å². The van der Waals surface area contributed by atoms with Gasteiger partial charge in [-0.2, -0.15) is 0 Å². The van der Waals surface area contributed by atoms with E-state index in [2.05, 4.69) is 10.0 Å². The minimum atomic E-state index is -3.84. The van der Waals surface area contributed by atoms with E-state index in [-0.39, 0.29) is 16.5 Å². The van der Waals surface area contributed by atoms with Crippen molar-refractivity contribution in [3.8, 4) is 0 Å². The molecule has 0 bridgehead atoms. The van der Waals surface area contributed by atoms with Gasteiger partial charge in [-0.3, -0.25) is 9.52 Å². The van der Waals surface area contributed by atoms with Crippen LogP contribution in [-0.2, 0) is 14.8 Å². The maximum atomic E-state index is 12.6. The monoisotopic (exact) mass is 418 g/mol. The second kappa shape index (κ2) is 8.39. The zero-order chi connectivity index (χ0) is 19.3. The molecule has 0 atom stereocenters. The Morgan fingerprint density at radius 1 is 1.04 bits per heavy atom. The average molecular weight is 419 g/mol. The molecular weight excluding hydrogens is 404 g/mol. The number of sulfonamides is 1. The Balaban J connectivity index is 1.74. The van der Waals surface area contributed by atoms with Crippen molar-refractivity contribution >= 4 is 56.3 Å². The van der Waals surface area contributed by atoms with Crippen LogP contribution in [0.2, 0.25) is 5.02 Å². The zero-order valence-corrected chi connectivity index (χ0v) is 16.3. The summed E-state index contributed by atoms with van der Waals surface area (Å²) in [6, 6.07) is 16.3. The van der Waals surface area contributed by atoms with Crippen molar-refractivity contribution in [3.63, 3.8) is 0 Å². The molecule has 1 amide bonds. The fourth-order valence-corrected chi connectivity index (χ4v) is 4.20. The van der Waals surface area contributed by atoms with Crippen molar-refractivity contribution in [1.29, 1.82) is 0 Å². The fraction of sp³-hybridized carbons (Fsp3) is 0. The highest BCUT2D eigenvalue weighted by Crippen LogP contribution is 2.25. The third kappa shape index (κ3) is 5.19. The number of carbonyl (C=O) groups is 1. The standard InChI is InChI=1S/C19H15ClN2O3S2/c20-17-8-1-2-9-18(17)22-27(24,25)16-7-3-5-14(13-16)21-19(23)11-10-15-6-4-12-26-15/h1-13,22H,(H,21,23)/b11-10+. The lowest BCUT2D eigenvalue weighted by Crippen LogP contribution is -2.14. The van der Waals surface area contributed by atoms with Gasteiger partial charge in [0, 0.05) is 16.6 Å². The third-order valence-electron chi connectivity index (χ3n) is 3.47. The average Bonchev–Trinajstić information content (AvgIpc) is 3.16. The second-order valence-corrected chi connectivity index (χ2v) is 8.52. The van der Waals surface area contributed by atoms with Crippen LogP contribution in [0.1, 0.15) is 4.88 Å². The molecule has 5 nitrogen and oxygen atoms in total. The van der Waals surface area contributed by atoms with Crippen LogP contribution in [0, 0.1) is 0 Å². The Hall–Kier alpha value is -2.61. The number of carbonyl (C=O) groups excluding carboxylic acids is 1. The fourth-order valence-electron chi connectivity index (χ4n) is 2.22. The van der Waals surface area contributed by atoms with Crippen molar-refractivity contribution in [1.82, 2.24) is 0 Å². The minimum absolute atomic E-state index is 0.0162. The van der Waals surface area contributed by atoms with Gasteiger partial charge in [0.1, 0.15) is 0 Å². The van der Waals surface area contributed by atoms with Crippen molar-refractivity contribution in [2.45, 2.75) is 4.90 Å².